The molecule has 0 saturated carbocycles. The Morgan fingerprint density at radius 1 is 1.35 bits per heavy atom. The van der Waals surface area contributed by atoms with E-state index in [1.54, 1.807) is 10.7 Å². The van der Waals surface area contributed by atoms with Gasteiger partial charge in [-0.25, -0.2) is 4.68 Å². The first-order valence-corrected chi connectivity index (χ1v) is 5.53. The molecule has 0 unspecified atom stereocenters. The molecule has 0 fully saturated rings. The summed E-state index contributed by atoms with van der Waals surface area (Å²) >= 11 is 0. The summed E-state index contributed by atoms with van der Waals surface area (Å²) in [6, 6.07) is 11.6. The van der Waals surface area contributed by atoms with Crippen molar-refractivity contribution >= 4 is 6.29 Å². The average Bonchev–Trinajstić information content (AvgIpc) is 2.74. The molecule has 2 aromatic rings. The van der Waals surface area contributed by atoms with Crippen molar-refractivity contribution < 1.29 is 9.53 Å². The number of carbonyl (C=O) groups excluding carboxylic acids is 1. The Kier molecular flexibility index (Phi) is 3.55. The van der Waals surface area contributed by atoms with Gasteiger partial charge in [0.15, 0.2) is 6.29 Å². The summed E-state index contributed by atoms with van der Waals surface area (Å²) < 4.78 is 7.13. The fourth-order valence-electron chi connectivity index (χ4n) is 1.61. The Labute approximate surface area is 99.8 Å². The van der Waals surface area contributed by atoms with Crippen LogP contribution in [0.5, 0.6) is 5.88 Å². The first-order chi connectivity index (χ1) is 8.33. The molecule has 0 spiro atoms. The number of aromatic nitrogens is 2. The summed E-state index contributed by atoms with van der Waals surface area (Å²) in [4.78, 5) is 10.7. The average molecular weight is 230 g/mol. The Morgan fingerprint density at radius 3 is 2.76 bits per heavy atom. The van der Waals surface area contributed by atoms with Crippen LogP contribution in [-0.2, 0) is 6.54 Å². The SMILES string of the molecule is CCOc1cc(C=O)nn1Cc1ccccc1. The van der Waals surface area contributed by atoms with Crippen molar-refractivity contribution in [3.63, 3.8) is 0 Å². The molecule has 0 aliphatic carbocycles. The number of aldehydes is 1. The molecule has 4 heteroatoms. The quantitative estimate of drug-likeness (QED) is 0.739. The lowest BCUT2D eigenvalue weighted by Gasteiger charge is -2.07. The zero-order valence-electron chi connectivity index (χ0n) is 9.67. The molecule has 4 nitrogen and oxygen atoms in total. The molecule has 0 atom stereocenters. The van der Waals surface area contributed by atoms with Crippen molar-refractivity contribution in [2.75, 3.05) is 6.61 Å². The molecule has 1 aromatic heterocycles. The van der Waals surface area contributed by atoms with E-state index < -0.39 is 0 Å². The van der Waals surface area contributed by atoms with Gasteiger partial charge >= 0.3 is 0 Å². The second-order valence-electron chi connectivity index (χ2n) is 3.60. The highest BCUT2D eigenvalue weighted by Gasteiger charge is 2.08. The summed E-state index contributed by atoms with van der Waals surface area (Å²) in [7, 11) is 0. The Hall–Kier alpha value is -2.10. The molecule has 1 heterocycles. The van der Waals surface area contributed by atoms with E-state index in [1.807, 2.05) is 37.3 Å². The van der Waals surface area contributed by atoms with Crippen LogP contribution in [0.25, 0.3) is 0 Å². The summed E-state index contributed by atoms with van der Waals surface area (Å²) in [5.41, 5.74) is 1.51. The van der Waals surface area contributed by atoms with Gasteiger partial charge in [0.25, 0.3) is 0 Å². The highest BCUT2D eigenvalue weighted by atomic mass is 16.5. The van der Waals surface area contributed by atoms with Crippen LogP contribution in [-0.4, -0.2) is 22.7 Å². The Bertz CT molecular complexity index is 491. The highest BCUT2D eigenvalue weighted by molar-refractivity contribution is 5.72. The van der Waals surface area contributed by atoms with Crippen LogP contribution >= 0.6 is 0 Å². The second-order valence-corrected chi connectivity index (χ2v) is 3.60. The zero-order valence-corrected chi connectivity index (χ0v) is 9.67. The maximum Gasteiger partial charge on any atom is 0.212 e. The molecule has 0 amide bonds. The maximum atomic E-state index is 10.7. The van der Waals surface area contributed by atoms with E-state index in [0.717, 1.165) is 11.8 Å². The Balaban J connectivity index is 2.24. The minimum absolute atomic E-state index is 0.393. The molecule has 88 valence electrons. The third-order valence-corrected chi connectivity index (χ3v) is 2.35. The Morgan fingerprint density at radius 2 is 2.12 bits per heavy atom. The van der Waals surface area contributed by atoms with Crippen LogP contribution < -0.4 is 4.74 Å². The van der Waals surface area contributed by atoms with E-state index in [-0.39, 0.29) is 0 Å². The van der Waals surface area contributed by atoms with Gasteiger partial charge in [-0.05, 0) is 12.5 Å². The largest absolute Gasteiger partial charge is 0.478 e. The number of rotatable bonds is 5. The van der Waals surface area contributed by atoms with E-state index in [1.165, 1.54) is 0 Å². The molecule has 2 rings (SSSR count). The minimum atomic E-state index is 0.393. The van der Waals surface area contributed by atoms with Crippen LogP contribution in [0, 0.1) is 0 Å². The van der Waals surface area contributed by atoms with Gasteiger partial charge in [0.05, 0.1) is 13.2 Å². The number of hydrogen-bond donors (Lipinski definition) is 0. The molecule has 0 aliphatic rings. The lowest BCUT2D eigenvalue weighted by atomic mass is 10.2. The predicted octanol–water partition coefficient (Wildman–Crippen LogP) is 2.14. The van der Waals surface area contributed by atoms with Gasteiger partial charge in [-0.3, -0.25) is 4.79 Å². The molecule has 0 N–H and O–H groups in total. The van der Waals surface area contributed by atoms with Gasteiger partial charge < -0.3 is 4.74 Å². The molecular weight excluding hydrogens is 216 g/mol. The van der Waals surface area contributed by atoms with Gasteiger partial charge in [-0.1, -0.05) is 30.3 Å². The molecule has 0 radical (unpaired) electrons. The van der Waals surface area contributed by atoms with Crippen LogP contribution in [0.3, 0.4) is 0 Å². The lowest BCUT2D eigenvalue weighted by Crippen LogP contribution is -2.06. The molecule has 0 aliphatic heterocycles. The van der Waals surface area contributed by atoms with Crippen molar-refractivity contribution in [3.05, 3.63) is 47.7 Å². The van der Waals surface area contributed by atoms with Gasteiger partial charge in [-0.15, -0.1) is 0 Å². The smallest absolute Gasteiger partial charge is 0.212 e. The molecular formula is C13H14N2O2. The fraction of sp³-hybridized carbons (Fsp3) is 0.231. The topological polar surface area (TPSA) is 44.1 Å². The number of benzene rings is 1. The fourth-order valence-corrected chi connectivity index (χ4v) is 1.61. The van der Waals surface area contributed by atoms with Crippen molar-refractivity contribution in [1.29, 1.82) is 0 Å². The van der Waals surface area contributed by atoms with Gasteiger partial charge in [0.1, 0.15) is 5.69 Å². The molecule has 1 aromatic carbocycles. The first kappa shape index (κ1) is 11.4. The molecule has 17 heavy (non-hydrogen) atoms. The van der Waals surface area contributed by atoms with Gasteiger partial charge in [0.2, 0.25) is 5.88 Å². The lowest BCUT2D eigenvalue weighted by molar-refractivity contribution is 0.111. The van der Waals surface area contributed by atoms with E-state index in [4.69, 9.17) is 4.74 Å². The van der Waals surface area contributed by atoms with Crippen molar-refractivity contribution in [3.8, 4) is 5.88 Å². The van der Waals surface area contributed by atoms with E-state index in [9.17, 15) is 4.79 Å². The van der Waals surface area contributed by atoms with Crippen LogP contribution in [0.1, 0.15) is 23.0 Å². The van der Waals surface area contributed by atoms with Crippen molar-refractivity contribution in [2.24, 2.45) is 0 Å². The number of hydrogen-bond acceptors (Lipinski definition) is 3. The maximum absolute atomic E-state index is 10.7. The van der Waals surface area contributed by atoms with Crippen LogP contribution in [0.2, 0.25) is 0 Å². The highest BCUT2D eigenvalue weighted by Crippen LogP contribution is 2.14. The van der Waals surface area contributed by atoms with Crippen molar-refractivity contribution in [1.82, 2.24) is 9.78 Å². The normalized spacial score (nSPS) is 10.2. The molecule has 0 saturated heterocycles. The van der Waals surface area contributed by atoms with Gasteiger partial charge in [0, 0.05) is 6.07 Å². The standard InChI is InChI=1S/C13H14N2O2/c1-2-17-13-8-12(10-16)14-15(13)9-11-6-4-3-5-7-11/h3-8,10H,2,9H2,1H3. The van der Waals surface area contributed by atoms with E-state index in [2.05, 4.69) is 5.10 Å². The summed E-state index contributed by atoms with van der Waals surface area (Å²) in [6.45, 7) is 3.06. The summed E-state index contributed by atoms with van der Waals surface area (Å²) in [6.07, 6.45) is 0.726. The summed E-state index contributed by atoms with van der Waals surface area (Å²) in [5.74, 6) is 0.624. The molecule has 0 bridgehead atoms. The monoisotopic (exact) mass is 230 g/mol. The number of ether oxygens (including phenoxy) is 1. The number of carbonyl (C=O) groups is 1. The van der Waals surface area contributed by atoms with Crippen molar-refractivity contribution in [2.45, 2.75) is 13.5 Å². The van der Waals surface area contributed by atoms with E-state index in [0.29, 0.717) is 24.7 Å². The minimum Gasteiger partial charge on any atom is -0.478 e. The summed E-state index contributed by atoms with van der Waals surface area (Å²) in [5, 5.41) is 4.17. The van der Waals surface area contributed by atoms with Gasteiger partial charge in [-0.2, -0.15) is 5.10 Å². The third-order valence-electron chi connectivity index (χ3n) is 2.35. The van der Waals surface area contributed by atoms with Crippen LogP contribution in [0.15, 0.2) is 36.4 Å². The third kappa shape index (κ3) is 2.72. The zero-order chi connectivity index (χ0) is 12.1. The predicted molar refractivity (Wildman–Crippen MR) is 64.3 cm³/mol. The van der Waals surface area contributed by atoms with E-state index >= 15 is 0 Å². The first-order valence-electron chi connectivity index (χ1n) is 5.53. The van der Waals surface area contributed by atoms with Crippen LogP contribution in [0.4, 0.5) is 0 Å². The second kappa shape index (κ2) is 5.30. The number of nitrogens with zero attached hydrogens (tertiary/aromatic N) is 2.